The third-order valence-corrected chi connectivity index (χ3v) is 4.07. The fourth-order valence-corrected chi connectivity index (χ4v) is 2.61. The fourth-order valence-electron chi connectivity index (χ4n) is 2.61. The average Bonchev–Trinajstić information content (AvgIpc) is 2.76. The molecule has 0 saturated carbocycles. The molecule has 3 rings (SSSR count). The number of hydrazone groups is 1. The van der Waals surface area contributed by atoms with Crippen LogP contribution in [0.4, 0.5) is 0 Å². The number of hydrogen-bond acceptors (Lipinski definition) is 5. The van der Waals surface area contributed by atoms with Crippen molar-refractivity contribution in [3.8, 4) is 5.75 Å². The molecule has 0 heterocycles. The van der Waals surface area contributed by atoms with Gasteiger partial charge in [0, 0.05) is 0 Å². The number of rotatable bonds is 8. The van der Waals surface area contributed by atoms with E-state index in [0.717, 1.165) is 22.8 Å². The first kappa shape index (κ1) is 20.1. The van der Waals surface area contributed by atoms with Crippen LogP contribution in [0.3, 0.4) is 0 Å². The highest BCUT2D eigenvalue weighted by atomic mass is 16.5. The molecule has 0 radical (unpaired) electrons. The van der Waals surface area contributed by atoms with Crippen LogP contribution >= 0.6 is 0 Å². The van der Waals surface area contributed by atoms with Crippen LogP contribution in [0.25, 0.3) is 10.8 Å². The Labute approximate surface area is 169 Å². The number of carbonyl (C=O) groups is 2. The zero-order valence-electron chi connectivity index (χ0n) is 16.1. The van der Waals surface area contributed by atoms with Gasteiger partial charge in [-0.3, -0.25) is 4.79 Å². The molecular weight excluding hydrogens is 368 g/mol. The molecule has 0 aliphatic heterocycles. The van der Waals surface area contributed by atoms with Crippen molar-refractivity contribution in [2.75, 3.05) is 13.2 Å². The minimum Gasteiger partial charge on any atom is -0.484 e. The van der Waals surface area contributed by atoms with Gasteiger partial charge in [-0.1, -0.05) is 43.3 Å². The number of hydrogen-bond donors (Lipinski definition) is 1. The monoisotopic (exact) mass is 390 g/mol. The van der Waals surface area contributed by atoms with Gasteiger partial charge in [0.25, 0.3) is 5.91 Å². The lowest BCUT2D eigenvalue weighted by Gasteiger charge is -2.06. The number of esters is 1. The maximum atomic E-state index is 11.9. The molecule has 1 N–H and O–H groups in total. The Kier molecular flexibility index (Phi) is 6.95. The number of ether oxygens (including phenoxy) is 2. The molecule has 1 amide bonds. The number of fused-ring (bicyclic) bond motifs is 1. The lowest BCUT2D eigenvalue weighted by molar-refractivity contribution is -0.123. The van der Waals surface area contributed by atoms with Crippen molar-refractivity contribution in [3.05, 3.63) is 77.9 Å². The number of amides is 1. The first-order valence-electron chi connectivity index (χ1n) is 9.36. The van der Waals surface area contributed by atoms with Crippen LogP contribution in [-0.4, -0.2) is 31.3 Å². The van der Waals surface area contributed by atoms with Gasteiger partial charge >= 0.3 is 5.97 Å². The van der Waals surface area contributed by atoms with Crippen molar-refractivity contribution in [2.24, 2.45) is 5.10 Å². The Hall–Kier alpha value is -3.67. The third kappa shape index (κ3) is 5.90. The quantitative estimate of drug-likeness (QED) is 0.359. The summed E-state index contributed by atoms with van der Waals surface area (Å²) in [6, 6.07) is 20.4. The largest absolute Gasteiger partial charge is 0.484 e. The highest BCUT2D eigenvalue weighted by Gasteiger charge is 2.07. The van der Waals surface area contributed by atoms with E-state index in [1.807, 2.05) is 49.4 Å². The van der Waals surface area contributed by atoms with Crippen LogP contribution in [0.2, 0.25) is 0 Å². The summed E-state index contributed by atoms with van der Waals surface area (Å²) in [5, 5.41) is 6.21. The molecule has 3 aromatic carbocycles. The third-order valence-electron chi connectivity index (χ3n) is 4.07. The van der Waals surface area contributed by atoms with Crippen molar-refractivity contribution >= 4 is 28.9 Å². The summed E-state index contributed by atoms with van der Waals surface area (Å²) < 4.78 is 10.5. The molecule has 0 fully saturated rings. The summed E-state index contributed by atoms with van der Waals surface area (Å²) in [5.74, 6) is -0.279. The molecule has 148 valence electrons. The zero-order chi connectivity index (χ0) is 20.5. The van der Waals surface area contributed by atoms with Crippen LogP contribution in [0.5, 0.6) is 5.75 Å². The van der Waals surface area contributed by atoms with E-state index in [1.165, 1.54) is 0 Å². The molecule has 6 heteroatoms. The number of nitrogens with one attached hydrogen (secondary N) is 1. The molecule has 0 aliphatic rings. The van der Waals surface area contributed by atoms with Gasteiger partial charge in [-0.15, -0.1) is 0 Å². The smallest absolute Gasteiger partial charge is 0.338 e. The van der Waals surface area contributed by atoms with Gasteiger partial charge in [0.15, 0.2) is 6.61 Å². The second kappa shape index (κ2) is 10.0. The summed E-state index contributed by atoms with van der Waals surface area (Å²) in [6.45, 7) is 2.13. The molecule has 6 nitrogen and oxygen atoms in total. The van der Waals surface area contributed by atoms with Crippen molar-refractivity contribution < 1.29 is 19.1 Å². The van der Waals surface area contributed by atoms with Crippen LogP contribution in [-0.2, 0) is 9.53 Å². The minimum absolute atomic E-state index is 0.186. The lowest BCUT2D eigenvalue weighted by Crippen LogP contribution is -2.24. The van der Waals surface area contributed by atoms with Gasteiger partial charge in [-0.25, -0.2) is 10.2 Å². The molecule has 0 bridgehead atoms. The van der Waals surface area contributed by atoms with E-state index in [4.69, 9.17) is 9.47 Å². The molecule has 0 aromatic heterocycles. The SMILES string of the molecule is CCCOC(=O)c1ccc(OCC(=O)NN=Cc2ccc3ccccc3c2)cc1. The molecule has 0 saturated heterocycles. The molecule has 0 atom stereocenters. The molecule has 3 aromatic rings. The van der Waals surface area contributed by atoms with Crippen molar-refractivity contribution in [1.29, 1.82) is 0 Å². The maximum absolute atomic E-state index is 11.9. The topological polar surface area (TPSA) is 77.0 Å². The normalized spacial score (nSPS) is 10.8. The van der Waals surface area contributed by atoms with E-state index >= 15 is 0 Å². The number of nitrogens with zero attached hydrogens (tertiary/aromatic N) is 1. The van der Waals surface area contributed by atoms with Crippen LogP contribution in [0, 0.1) is 0 Å². The molecule has 0 unspecified atom stereocenters. The van der Waals surface area contributed by atoms with E-state index in [2.05, 4.69) is 10.5 Å². The van der Waals surface area contributed by atoms with Gasteiger partial charge in [0.1, 0.15) is 5.75 Å². The first-order valence-corrected chi connectivity index (χ1v) is 9.36. The maximum Gasteiger partial charge on any atom is 0.338 e. The van der Waals surface area contributed by atoms with Crippen molar-refractivity contribution in [1.82, 2.24) is 5.43 Å². The van der Waals surface area contributed by atoms with Gasteiger partial charge in [-0.05, 0) is 53.1 Å². The Balaban J connectivity index is 1.46. The molecule has 0 aliphatic carbocycles. The Morgan fingerprint density at radius 3 is 2.52 bits per heavy atom. The molecule has 0 spiro atoms. The second-order valence-electron chi connectivity index (χ2n) is 6.35. The Morgan fingerprint density at radius 2 is 1.76 bits per heavy atom. The number of benzene rings is 3. The first-order chi connectivity index (χ1) is 14.2. The fraction of sp³-hybridized carbons (Fsp3) is 0.174. The lowest BCUT2D eigenvalue weighted by atomic mass is 10.1. The van der Waals surface area contributed by atoms with Gasteiger partial charge in [0.05, 0.1) is 18.4 Å². The Morgan fingerprint density at radius 1 is 1.00 bits per heavy atom. The second-order valence-corrected chi connectivity index (χ2v) is 6.35. The van der Waals surface area contributed by atoms with Gasteiger partial charge in [0.2, 0.25) is 0 Å². The minimum atomic E-state index is -0.381. The van der Waals surface area contributed by atoms with E-state index in [9.17, 15) is 9.59 Å². The van der Waals surface area contributed by atoms with Gasteiger partial charge in [-0.2, -0.15) is 5.10 Å². The zero-order valence-corrected chi connectivity index (χ0v) is 16.1. The summed E-state index contributed by atoms with van der Waals surface area (Å²) >= 11 is 0. The van der Waals surface area contributed by atoms with E-state index in [1.54, 1.807) is 30.5 Å². The number of carbonyl (C=O) groups excluding carboxylic acids is 2. The summed E-state index contributed by atoms with van der Waals surface area (Å²) in [6.07, 6.45) is 2.35. The van der Waals surface area contributed by atoms with Crippen LogP contribution in [0.15, 0.2) is 71.8 Å². The van der Waals surface area contributed by atoms with Crippen molar-refractivity contribution in [3.63, 3.8) is 0 Å². The summed E-state index contributed by atoms with van der Waals surface area (Å²) in [7, 11) is 0. The summed E-state index contributed by atoms with van der Waals surface area (Å²) in [5.41, 5.74) is 3.76. The van der Waals surface area contributed by atoms with Crippen LogP contribution < -0.4 is 10.2 Å². The highest BCUT2D eigenvalue weighted by molar-refractivity contribution is 5.91. The van der Waals surface area contributed by atoms with Crippen LogP contribution in [0.1, 0.15) is 29.3 Å². The van der Waals surface area contributed by atoms with E-state index < -0.39 is 0 Å². The van der Waals surface area contributed by atoms with Gasteiger partial charge < -0.3 is 9.47 Å². The summed E-state index contributed by atoms with van der Waals surface area (Å²) in [4.78, 5) is 23.6. The standard InChI is InChI=1S/C23H22N2O4/c1-2-13-28-23(27)19-9-11-21(12-10-19)29-16-22(26)25-24-15-17-7-8-18-5-3-4-6-20(18)14-17/h3-12,14-15H,2,13,16H2,1H3,(H,25,26). The Bertz CT molecular complexity index is 1010. The van der Waals surface area contributed by atoms with Crippen molar-refractivity contribution in [2.45, 2.75) is 13.3 Å². The van der Waals surface area contributed by atoms with E-state index in [0.29, 0.717) is 17.9 Å². The predicted molar refractivity (Wildman–Crippen MR) is 112 cm³/mol. The van der Waals surface area contributed by atoms with E-state index in [-0.39, 0.29) is 18.5 Å². The molecule has 29 heavy (non-hydrogen) atoms. The predicted octanol–water partition coefficient (Wildman–Crippen LogP) is 3.94. The molecular formula is C23H22N2O4. The highest BCUT2D eigenvalue weighted by Crippen LogP contribution is 2.15. The average molecular weight is 390 g/mol.